The molecule has 0 atom stereocenters. The van der Waals surface area contributed by atoms with Crippen LogP contribution in [0.25, 0.3) is 0 Å². The third-order valence-electron chi connectivity index (χ3n) is 1.79. The van der Waals surface area contributed by atoms with E-state index in [9.17, 15) is 9.60 Å². The maximum absolute atomic E-state index is 13.0. The molecule has 80 valence electrons. The van der Waals surface area contributed by atoms with Gasteiger partial charge in [-0.2, -0.15) is 4.47 Å². The van der Waals surface area contributed by atoms with Crippen LogP contribution < -0.4 is 10.0 Å². The van der Waals surface area contributed by atoms with Crippen molar-refractivity contribution in [1.82, 2.24) is 4.47 Å². The molecule has 0 saturated heterocycles. The molecule has 7 heteroatoms. The Morgan fingerprint density at radius 3 is 2.73 bits per heavy atom. The van der Waals surface area contributed by atoms with Crippen LogP contribution in [-0.4, -0.2) is 9.68 Å². The van der Waals surface area contributed by atoms with Gasteiger partial charge in [0.05, 0.1) is 16.4 Å². The lowest BCUT2D eigenvalue weighted by molar-refractivity contribution is 0.0551. The third kappa shape index (κ3) is 2.04. The smallest absolute Gasteiger partial charge is 0.156 e. The molecule has 0 aromatic heterocycles. The van der Waals surface area contributed by atoms with Crippen molar-refractivity contribution in [3.8, 4) is 0 Å². The third-order valence-corrected chi connectivity index (χ3v) is 3.26. The Labute approximate surface area is 98.5 Å². The van der Waals surface area contributed by atoms with Crippen molar-refractivity contribution in [2.24, 2.45) is 5.73 Å². The minimum Gasteiger partial charge on any atom is -0.382 e. The SMILES string of the molecule is NC1=CN(c2ccc(F)c(Br)c2)SN1O. The van der Waals surface area contributed by atoms with E-state index in [1.54, 1.807) is 22.6 Å². The second kappa shape index (κ2) is 3.92. The standard InChI is InChI=1S/C8H7BrFN3OS/c9-6-3-5(1-2-7(6)10)12-4-8(11)13(14)15-12/h1-4,14H,11H2. The van der Waals surface area contributed by atoms with E-state index in [-0.39, 0.29) is 11.6 Å². The van der Waals surface area contributed by atoms with Gasteiger partial charge in [-0.15, -0.1) is 0 Å². The molecule has 1 aromatic carbocycles. The van der Waals surface area contributed by atoms with Gasteiger partial charge in [0, 0.05) is 0 Å². The number of hydroxylamine groups is 1. The zero-order chi connectivity index (χ0) is 11.0. The summed E-state index contributed by atoms with van der Waals surface area (Å²) >= 11 is 4.09. The molecule has 1 aliphatic rings. The van der Waals surface area contributed by atoms with Crippen molar-refractivity contribution in [2.45, 2.75) is 0 Å². The Kier molecular flexibility index (Phi) is 2.76. The molecule has 0 fully saturated rings. The van der Waals surface area contributed by atoms with E-state index in [0.717, 1.165) is 16.6 Å². The van der Waals surface area contributed by atoms with Gasteiger partial charge in [0.2, 0.25) is 0 Å². The average Bonchev–Trinajstić information content (AvgIpc) is 2.52. The van der Waals surface area contributed by atoms with Crippen LogP contribution in [0.15, 0.2) is 34.7 Å². The van der Waals surface area contributed by atoms with E-state index in [2.05, 4.69) is 15.9 Å². The van der Waals surface area contributed by atoms with Gasteiger partial charge in [-0.3, -0.25) is 9.51 Å². The fourth-order valence-electron chi connectivity index (χ4n) is 1.07. The summed E-state index contributed by atoms with van der Waals surface area (Å²) in [5.41, 5.74) is 6.18. The molecule has 4 nitrogen and oxygen atoms in total. The number of nitrogens with zero attached hydrogens (tertiary/aromatic N) is 2. The number of hydrogen-bond acceptors (Lipinski definition) is 5. The van der Waals surface area contributed by atoms with E-state index in [1.165, 1.54) is 6.07 Å². The average molecular weight is 292 g/mol. The second-order valence-corrected chi connectivity index (χ2v) is 4.59. The first-order valence-electron chi connectivity index (χ1n) is 3.96. The van der Waals surface area contributed by atoms with Gasteiger partial charge >= 0.3 is 0 Å². The molecule has 0 bridgehead atoms. The second-order valence-electron chi connectivity index (χ2n) is 2.83. The maximum atomic E-state index is 13.0. The van der Waals surface area contributed by atoms with Gasteiger partial charge in [-0.05, 0) is 34.1 Å². The molecule has 15 heavy (non-hydrogen) atoms. The fraction of sp³-hybridized carbons (Fsp3) is 0. The highest BCUT2D eigenvalue weighted by Gasteiger charge is 2.20. The zero-order valence-corrected chi connectivity index (χ0v) is 9.80. The van der Waals surface area contributed by atoms with E-state index in [1.807, 2.05) is 0 Å². The van der Waals surface area contributed by atoms with Crippen LogP contribution >= 0.6 is 28.1 Å². The van der Waals surface area contributed by atoms with Crippen molar-refractivity contribution >= 4 is 33.8 Å². The lowest BCUT2D eigenvalue weighted by atomic mass is 10.3. The molecule has 1 heterocycles. The van der Waals surface area contributed by atoms with Crippen molar-refractivity contribution in [2.75, 3.05) is 4.31 Å². The van der Waals surface area contributed by atoms with Crippen LogP contribution in [0, 0.1) is 5.82 Å². The molecule has 3 N–H and O–H groups in total. The molecule has 1 aliphatic heterocycles. The van der Waals surface area contributed by atoms with Crippen LogP contribution in [0.2, 0.25) is 0 Å². The molecule has 0 unspecified atom stereocenters. The molecule has 0 spiro atoms. The Morgan fingerprint density at radius 1 is 1.47 bits per heavy atom. The van der Waals surface area contributed by atoms with Gasteiger partial charge in [-0.25, -0.2) is 4.39 Å². The highest BCUT2D eigenvalue weighted by Crippen LogP contribution is 2.33. The predicted octanol–water partition coefficient (Wildman–Crippen LogP) is 2.42. The van der Waals surface area contributed by atoms with Crippen LogP contribution in [0.5, 0.6) is 0 Å². The molecule has 0 saturated carbocycles. The molecule has 0 amide bonds. The first-order chi connectivity index (χ1) is 7.08. The van der Waals surface area contributed by atoms with Crippen LogP contribution in [-0.2, 0) is 0 Å². The molecule has 1 aromatic rings. The number of hydrogen-bond donors (Lipinski definition) is 2. The van der Waals surface area contributed by atoms with Gasteiger partial charge in [-0.1, -0.05) is 0 Å². The normalized spacial score (nSPS) is 15.8. The summed E-state index contributed by atoms with van der Waals surface area (Å²) < 4.78 is 15.8. The molecule has 2 rings (SSSR count). The lowest BCUT2D eigenvalue weighted by Gasteiger charge is -2.14. The Hall–Kier alpha value is -0.920. The molecular formula is C8H7BrFN3OS. The number of rotatable bonds is 1. The van der Waals surface area contributed by atoms with Gasteiger partial charge in [0.25, 0.3) is 0 Å². The number of halogens is 2. The monoisotopic (exact) mass is 291 g/mol. The molecule has 0 aliphatic carbocycles. The van der Waals surface area contributed by atoms with Gasteiger partial charge < -0.3 is 5.73 Å². The predicted molar refractivity (Wildman–Crippen MR) is 60.1 cm³/mol. The molecule has 0 radical (unpaired) electrons. The molecular weight excluding hydrogens is 285 g/mol. The number of benzene rings is 1. The minimum absolute atomic E-state index is 0.223. The maximum Gasteiger partial charge on any atom is 0.156 e. The summed E-state index contributed by atoms with van der Waals surface area (Å²) in [6, 6.07) is 4.53. The summed E-state index contributed by atoms with van der Waals surface area (Å²) in [4.78, 5) is 0. The highest BCUT2D eigenvalue weighted by molar-refractivity contribution is 9.10. The van der Waals surface area contributed by atoms with Gasteiger partial charge in [0.1, 0.15) is 18.0 Å². The summed E-state index contributed by atoms with van der Waals surface area (Å²) in [5.74, 6) is -0.110. The lowest BCUT2D eigenvalue weighted by Crippen LogP contribution is -2.12. The Bertz CT molecular complexity index is 428. The van der Waals surface area contributed by atoms with Gasteiger partial charge in [0.15, 0.2) is 5.82 Å². The highest BCUT2D eigenvalue weighted by atomic mass is 79.9. The first kappa shape index (κ1) is 10.6. The Morgan fingerprint density at radius 2 is 2.20 bits per heavy atom. The summed E-state index contributed by atoms with van der Waals surface area (Å²) in [5, 5.41) is 9.23. The van der Waals surface area contributed by atoms with E-state index in [0.29, 0.717) is 10.2 Å². The van der Waals surface area contributed by atoms with E-state index in [4.69, 9.17) is 5.73 Å². The number of nitrogens with two attached hydrogens (primary N) is 1. The largest absolute Gasteiger partial charge is 0.382 e. The Balaban J connectivity index is 2.28. The van der Waals surface area contributed by atoms with Crippen molar-refractivity contribution in [3.63, 3.8) is 0 Å². The van der Waals surface area contributed by atoms with E-state index >= 15 is 0 Å². The number of anilines is 1. The summed E-state index contributed by atoms with van der Waals surface area (Å²) in [7, 11) is 0. The summed E-state index contributed by atoms with van der Waals surface area (Å²) in [6.45, 7) is 0. The summed E-state index contributed by atoms with van der Waals surface area (Å²) in [6.07, 6.45) is 1.55. The zero-order valence-electron chi connectivity index (χ0n) is 7.39. The first-order valence-corrected chi connectivity index (χ1v) is 5.49. The van der Waals surface area contributed by atoms with Crippen LogP contribution in [0.4, 0.5) is 10.1 Å². The van der Waals surface area contributed by atoms with Crippen LogP contribution in [0.3, 0.4) is 0 Å². The van der Waals surface area contributed by atoms with Crippen LogP contribution in [0.1, 0.15) is 0 Å². The van der Waals surface area contributed by atoms with Crippen molar-refractivity contribution in [1.29, 1.82) is 0 Å². The fourth-order valence-corrected chi connectivity index (χ4v) is 2.11. The quantitative estimate of drug-likeness (QED) is 0.779. The van der Waals surface area contributed by atoms with Crippen molar-refractivity contribution < 1.29 is 9.60 Å². The van der Waals surface area contributed by atoms with Crippen molar-refractivity contribution in [3.05, 3.63) is 40.5 Å². The van der Waals surface area contributed by atoms with E-state index < -0.39 is 0 Å². The minimum atomic E-state index is -0.333. The topological polar surface area (TPSA) is 52.7 Å².